The van der Waals surface area contributed by atoms with Gasteiger partial charge >= 0.3 is 0 Å². The summed E-state index contributed by atoms with van der Waals surface area (Å²) in [7, 11) is 1.68. The molecule has 0 saturated heterocycles. The van der Waals surface area contributed by atoms with E-state index >= 15 is 0 Å². The van der Waals surface area contributed by atoms with Crippen molar-refractivity contribution in [3.63, 3.8) is 0 Å². The Morgan fingerprint density at radius 2 is 1.82 bits per heavy atom. The van der Waals surface area contributed by atoms with Gasteiger partial charge in [0.2, 0.25) is 0 Å². The molecule has 0 bridgehead atoms. The summed E-state index contributed by atoms with van der Waals surface area (Å²) in [6.07, 6.45) is 0.976. The smallest absolute Gasteiger partial charge is 0.125 e. The van der Waals surface area contributed by atoms with Crippen molar-refractivity contribution in [3.8, 4) is 11.5 Å². The second-order valence-corrected chi connectivity index (χ2v) is 4.10. The molecular weight excluding hydrogens is 218 g/mol. The normalized spacial score (nSPS) is 10.6. The van der Waals surface area contributed by atoms with Gasteiger partial charge in [-0.3, -0.25) is 0 Å². The van der Waals surface area contributed by atoms with Gasteiger partial charge in [-0.05, 0) is 13.8 Å². The van der Waals surface area contributed by atoms with Gasteiger partial charge in [0.25, 0.3) is 0 Å². The van der Waals surface area contributed by atoms with Crippen LogP contribution < -0.4 is 15.2 Å². The standard InChI is InChI=1S/C13H21NO3/c1-10(2)17-13-8-11(14)7-12(9-13)16-6-4-5-15-3/h7-10H,4-6,14H2,1-3H3. The fourth-order valence-electron chi connectivity index (χ4n) is 1.41. The van der Waals surface area contributed by atoms with Crippen LogP contribution in [0.1, 0.15) is 20.3 Å². The number of nitrogens with two attached hydrogens (primary N) is 1. The van der Waals surface area contributed by atoms with Crippen molar-refractivity contribution in [1.82, 2.24) is 0 Å². The van der Waals surface area contributed by atoms with E-state index in [2.05, 4.69) is 0 Å². The van der Waals surface area contributed by atoms with Crippen LogP contribution in [0.3, 0.4) is 0 Å². The first-order valence-electron chi connectivity index (χ1n) is 5.80. The molecule has 0 saturated carbocycles. The minimum absolute atomic E-state index is 0.123. The van der Waals surface area contributed by atoms with Crippen LogP contribution in [-0.2, 0) is 4.74 Å². The van der Waals surface area contributed by atoms with E-state index < -0.39 is 0 Å². The molecule has 1 aromatic rings. The van der Waals surface area contributed by atoms with E-state index in [1.807, 2.05) is 19.9 Å². The van der Waals surface area contributed by atoms with Crippen molar-refractivity contribution in [2.24, 2.45) is 0 Å². The second kappa shape index (κ2) is 7.01. The molecular formula is C13H21NO3. The SMILES string of the molecule is COCCCOc1cc(N)cc(OC(C)C)c1. The molecule has 0 aliphatic rings. The Bertz CT molecular complexity index is 339. The Kier molecular flexibility index (Phi) is 5.63. The molecule has 0 amide bonds. The number of anilines is 1. The van der Waals surface area contributed by atoms with Crippen LogP contribution in [0.15, 0.2) is 18.2 Å². The van der Waals surface area contributed by atoms with Crippen molar-refractivity contribution in [2.45, 2.75) is 26.4 Å². The summed E-state index contributed by atoms with van der Waals surface area (Å²) < 4.78 is 16.1. The molecule has 0 aliphatic carbocycles. The van der Waals surface area contributed by atoms with E-state index in [0.29, 0.717) is 18.9 Å². The monoisotopic (exact) mass is 239 g/mol. The maximum absolute atomic E-state index is 5.78. The van der Waals surface area contributed by atoms with Gasteiger partial charge in [-0.2, -0.15) is 0 Å². The van der Waals surface area contributed by atoms with Crippen LogP contribution in [0.4, 0.5) is 5.69 Å². The molecule has 96 valence electrons. The number of hydrogen-bond donors (Lipinski definition) is 1. The van der Waals surface area contributed by atoms with Crippen molar-refractivity contribution in [3.05, 3.63) is 18.2 Å². The van der Waals surface area contributed by atoms with Crippen molar-refractivity contribution in [1.29, 1.82) is 0 Å². The molecule has 4 heteroatoms. The molecule has 0 radical (unpaired) electrons. The van der Waals surface area contributed by atoms with Crippen molar-refractivity contribution in [2.75, 3.05) is 26.1 Å². The number of ether oxygens (including phenoxy) is 3. The molecule has 0 fully saturated rings. The third kappa shape index (κ3) is 5.45. The van der Waals surface area contributed by atoms with E-state index in [1.165, 1.54) is 0 Å². The fraction of sp³-hybridized carbons (Fsp3) is 0.538. The third-order valence-electron chi connectivity index (χ3n) is 2.04. The Morgan fingerprint density at radius 3 is 2.47 bits per heavy atom. The van der Waals surface area contributed by atoms with Crippen molar-refractivity contribution < 1.29 is 14.2 Å². The van der Waals surface area contributed by atoms with Crippen LogP contribution >= 0.6 is 0 Å². The maximum Gasteiger partial charge on any atom is 0.125 e. The van der Waals surface area contributed by atoms with Gasteiger partial charge in [0.05, 0.1) is 12.7 Å². The first-order chi connectivity index (χ1) is 8.11. The molecule has 0 heterocycles. The molecule has 0 aromatic heterocycles. The minimum atomic E-state index is 0.123. The Balaban J connectivity index is 2.56. The lowest BCUT2D eigenvalue weighted by atomic mass is 10.3. The maximum atomic E-state index is 5.78. The van der Waals surface area contributed by atoms with E-state index in [9.17, 15) is 0 Å². The van der Waals surface area contributed by atoms with E-state index in [-0.39, 0.29) is 6.10 Å². The number of rotatable bonds is 7. The molecule has 1 aromatic carbocycles. The van der Waals surface area contributed by atoms with Crippen LogP contribution in [0.25, 0.3) is 0 Å². The number of nitrogen functional groups attached to an aromatic ring is 1. The highest BCUT2D eigenvalue weighted by atomic mass is 16.5. The van der Waals surface area contributed by atoms with Gasteiger partial charge in [0.15, 0.2) is 0 Å². The second-order valence-electron chi connectivity index (χ2n) is 4.10. The highest BCUT2D eigenvalue weighted by Gasteiger charge is 2.03. The molecule has 1 rings (SSSR count). The topological polar surface area (TPSA) is 53.7 Å². The number of methoxy groups -OCH3 is 1. The molecule has 0 unspecified atom stereocenters. The fourth-order valence-corrected chi connectivity index (χ4v) is 1.41. The van der Waals surface area contributed by atoms with E-state index in [0.717, 1.165) is 17.9 Å². The molecule has 17 heavy (non-hydrogen) atoms. The molecule has 2 N–H and O–H groups in total. The Morgan fingerprint density at radius 1 is 1.12 bits per heavy atom. The molecule has 0 aliphatic heterocycles. The molecule has 4 nitrogen and oxygen atoms in total. The lowest BCUT2D eigenvalue weighted by Gasteiger charge is -2.12. The highest BCUT2D eigenvalue weighted by molar-refractivity contribution is 5.50. The third-order valence-corrected chi connectivity index (χ3v) is 2.04. The summed E-state index contributed by atoms with van der Waals surface area (Å²) in [6, 6.07) is 5.44. The average molecular weight is 239 g/mol. The summed E-state index contributed by atoms with van der Waals surface area (Å²) in [5.41, 5.74) is 6.42. The van der Waals surface area contributed by atoms with E-state index in [4.69, 9.17) is 19.9 Å². The molecule has 0 spiro atoms. The quantitative estimate of drug-likeness (QED) is 0.586. The van der Waals surface area contributed by atoms with Gasteiger partial charge in [-0.15, -0.1) is 0 Å². The van der Waals surface area contributed by atoms with Gasteiger partial charge in [-0.25, -0.2) is 0 Å². The summed E-state index contributed by atoms with van der Waals surface area (Å²) >= 11 is 0. The summed E-state index contributed by atoms with van der Waals surface area (Å²) in [5.74, 6) is 1.47. The predicted octanol–water partition coefficient (Wildman–Crippen LogP) is 2.47. The summed E-state index contributed by atoms with van der Waals surface area (Å²) in [5, 5.41) is 0. The van der Waals surface area contributed by atoms with Gasteiger partial charge in [0, 0.05) is 44.0 Å². The number of hydrogen-bond acceptors (Lipinski definition) is 4. The zero-order valence-corrected chi connectivity index (χ0v) is 10.7. The Labute approximate surface area is 103 Å². The number of benzene rings is 1. The zero-order valence-electron chi connectivity index (χ0n) is 10.7. The van der Waals surface area contributed by atoms with Gasteiger partial charge < -0.3 is 19.9 Å². The van der Waals surface area contributed by atoms with Crippen LogP contribution in [0, 0.1) is 0 Å². The zero-order chi connectivity index (χ0) is 12.7. The van der Waals surface area contributed by atoms with Gasteiger partial charge in [0.1, 0.15) is 11.5 Å². The molecule has 0 atom stereocenters. The lowest BCUT2D eigenvalue weighted by Crippen LogP contribution is -2.07. The lowest BCUT2D eigenvalue weighted by molar-refractivity contribution is 0.172. The van der Waals surface area contributed by atoms with Crippen LogP contribution in [-0.4, -0.2) is 26.4 Å². The van der Waals surface area contributed by atoms with E-state index in [1.54, 1.807) is 19.2 Å². The van der Waals surface area contributed by atoms with Crippen LogP contribution in [0.5, 0.6) is 11.5 Å². The Hall–Kier alpha value is -1.42. The van der Waals surface area contributed by atoms with Gasteiger partial charge in [-0.1, -0.05) is 0 Å². The van der Waals surface area contributed by atoms with Crippen molar-refractivity contribution >= 4 is 5.69 Å². The highest BCUT2D eigenvalue weighted by Crippen LogP contribution is 2.25. The van der Waals surface area contributed by atoms with Crippen LogP contribution in [0.2, 0.25) is 0 Å². The predicted molar refractivity (Wildman–Crippen MR) is 68.6 cm³/mol. The first kappa shape index (κ1) is 13.6. The minimum Gasteiger partial charge on any atom is -0.493 e. The largest absolute Gasteiger partial charge is 0.493 e. The summed E-state index contributed by atoms with van der Waals surface area (Å²) in [6.45, 7) is 5.25. The average Bonchev–Trinajstić information content (AvgIpc) is 2.22. The first-order valence-corrected chi connectivity index (χ1v) is 5.80. The summed E-state index contributed by atoms with van der Waals surface area (Å²) in [4.78, 5) is 0.